The molecule has 0 bridgehead atoms. The summed E-state index contributed by atoms with van der Waals surface area (Å²) >= 11 is 1.58. The van der Waals surface area contributed by atoms with Gasteiger partial charge in [-0.1, -0.05) is 23.9 Å². The van der Waals surface area contributed by atoms with Crippen LogP contribution in [0.15, 0.2) is 34.1 Å². The lowest BCUT2D eigenvalue weighted by Gasteiger charge is -2.06. The summed E-state index contributed by atoms with van der Waals surface area (Å²) in [6, 6.07) is 5.96. The van der Waals surface area contributed by atoms with Gasteiger partial charge in [-0.2, -0.15) is 0 Å². The van der Waals surface area contributed by atoms with Crippen molar-refractivity contribution in [1.82, 2.24) is 4.98 Å². The minimum atomic E-state index is 0.708. The normalized spacial score (nSPS) is 10.6. The van der Waals surface area contributed by atoms with Gasteiger partial charge in [0.25, 0.3) is 5.22 Å². The Balaban J connectivity index is 2.07. The molecule has 2 aromatic rings. The van der Waals surface area contributed by atoms with Gasteiger partial charge in [0.2, 0.25) is 0 Å². The summed E-state index contributed by atoms with van der Waals surface area (Å²) in [5.74, 6) is 0.830. The number of oxazole rings is 1. The van der Waals surface area contributed by atoms with Crippen LogP contribution in [0.3, 0.4) is 0 Å². The zero-order valence-electron chi connectivity index (χ0n) is 9.36. The third kappa shape index (κ3) is 2.39. The first-order valence-corrected chi connectivity index (χ1v) is 6.04. The van der Waals surface area contributed by atoms with Gasteiger partial charge in [0.05, 0.1) is 5.69 Å². The number of thioether (sulfide) groups is 1. The maximum Gasteiger partial charge on any atom is 0.256 e. The molecule has 0 aliphatic rings. The van der Waals surface area contributed by atoms with Gasteiger partial charge in [0, 0.05) is 11.4 Å². The molecule has 0 fully saturated rings. The number of aromatic nitrogens is 1. The van der Waals surface area contributed by atoms with Crippen molar-refractivity contribution in [3.8, 4) is 0 Å². The van der Waals surface area contributed by atoms with Gasteiger partial charge in [0.15, 0.2) is 0 Å². The number of nitrogens with two attached hydrogens (primary N) is 1. The van der Waals surface area contributed by atoms with Crippen LogP contribution in [0.25, 0.3) is 0 Å². The van der Waals surface area contributed by atoms with E-state index in [1.807, 2.05) is 26.0 Å². The van der Waals surface area contributed by atoms with Gasteiger partial charge < -0.3 is 10.2 Å². The van der Waals surface area contributed by atoms with Crippen molar-refractivity contribution in [3.63, 3.8) is 0 Å². The Bertz CT molecular complexity index is 494. The fraction of sp³-hybridized carbons (Fsp3) is 0.250. The first kappa shape index (κ1) is 11.1. The molecule has 2 N–H and O–H groups in total. The Morgan fingerprint density at radius 2 is 2.19 bits per heavy atom. The SMILES string of the molecule is Cc1coc(SCc2cccc(N)c2C)n1. The predicted octanol–water partition coefficient (Wildman–Crippen LogP) is 3.17. The molecule has 0 saturated heterocycles. The van der Waals surface area contributed by atoms with Crippen molar-refractivity contribution in [3.05, 3.63) is 41.3 Å². The van der Waals surface area contributed by atoms with Gasteiger partial charge in [-0.15, -0.1) is 0 Å². The van der Waals surface area contributed by atoms with Crippen LogP contribution in [0, 0.1) is 13.8 Å². The predicted molar refractivity (Wildman–Crippen MR) is 66.4 cm³/mol. The van der Waals surface area contributed by atoms with E-state index in [2.05, 4.69) is 11.1 Å². The van der Waals surface area contributed by atoms with Crippen molar-refractivity contribution in [2.24, 2.45) is 0 Å². The molecule has 0 aliphatic heterocycles. The van der Waals surface area contributed by atoms with Crippen LogP contribution in [-0.2, 0) is 5.75 Å². The molecule has 0 amide bonds. The second-order valence-corrected chi connectivity index (χ2v) is 4.60. The molecule has 16 heavy (non-hydrogen) atoms. The molecule has 2 rings (SSSR count). The van der Waals surface area contributed by atoms with Gasteiger partial charge in [-0.05, 0) is 31.0 Å². The van der Waals surface area contributed by atoms with E-state index in [4.69, 9.17) is 10.2 Å². The number of nitrogen functional groups attached to an aromatic ring is 1. The van der Waals surface area contributed by atoms with Crippen molar-refractivity contribution < 1.29 is 4.42 Å². The number of hydrogen-bond acceptors (Lipinski definition) is 4. The van der Waals surface area contributed by atoms with Crippen LogP contribution in [0.5, 0.6) is 0 Å². The molecule has 1 heterocycles. The lowest BCUT2D eigenvalue weighted by Crippen LogP contribution is -1.93. The summed E-state index contributed by atoms with van der Waals surface area (Å²) in [5, 5.41) is 0.708. The molecule has 84 valence electrons. The quantitative estimate of drug-likeness (QED) is 0.654. The van der Waals surface area contributed by atoms with E-state index in [0.29, 0.717) is 5.22 Å². The topological polar surface area (TPSA) is 52.0 Å². The van der Waals surface area contributed by atoms with E-state index in [0.717, 1.165) is 22.7 Å². The van der Waals surface area contributed by atoms with Crippen LogP contribution in [-0.4, -0.2) is 4.98 Å². The van der Waals surface area contributed by atoms with E-state index in [1.165, 1.54) is 5.56 Å². The van der Waals surface area contributed by atoms with E-state index < -0.39 is 0 Å². The van der Waals surface area contributed by atoms with Crippen molar-refractivity contribution in [2.45, 2.75) is 24.8 Å². The minimum Gasteiger partial charge on any atom is -0.440 e. The summed E-state index contributed by atoms with van der Waals surface area (Å²) in [5.41, 5.74) is 9.95. The molecule has 3 nitrogen and oxygen atoms in total. The van der Waals surface area contributed by atoms with Gasteiger partial charge >= 0.3 is 0 Å². The fourth-order valence-electron chi connectivity index (χ4n) is 1.40. The number of rotatable bonds is 3. The van der Waals surface area contributed by atoms with Gasteiger partial charge in [-0.3, -0.25) is 0 Å². The zero-order chi connectivity index (χ0) is 11.5. The lowest BCUT2D eigenvalue weighted by atomic mass is 10.1. The summed E-state index contributed by atoms with van der Waals surface area (Å²) in [6.45, 7) is 3.95. The monoisotopic (exact) mass is 234 g/mol. The number of benzene rings is 1. The number of aryl methyl sites for hydroxylation is 1. The molecular formula is C12H14N2OS. The molecular weight excluding hydrogens is 220 g/mol. The van der Waals surface area contributed by atoms with Crippen molar-refractivity contribution in [2.75, 3.05) is 5.73 Å². The number of hydrogen-bond donors (Lipinski definition) is 1. The first-order valence-electron chi connectivity index (χ1n) is 5.05. The van der Waals surface area contributed by atoms with Crippen molar-refractivity contribution in [1.29, 1.82) is 0 Å². The molecule has 1 aromatic heterocycles. The van der Waals surface area contributed by atoms with Crippen LogP contribution in [0.1, 0.15) is 16.8 Å². The molecule has 0 spiro atoms. The number of anilines is 1. The maximum absolute atomic E-state index is 5.85. The maximum atomic E-state index is 5.85. The molecule has 0 atom stereocenters. The van der Waals surface area contributed by atoms with E-state index in [-0.39, 0.29) is 0 Å². The lowest BCUT2D eigenvalue weighted by molar-refractivity contribution is 0.454. The molecule has 1 aromatic carbocycles. The molecule has 0 unspecified atom stereocenters. The van der Waals surface area contributed by atoms with Crippen LogP contribution >= 0.6 is 11.8 Å². The largest absolute Gasteiger partial charge is 0.440 e. The smallest absolute Gasteiger partial charge is 0.256 e. The third-order valence-electron chi connectivity index (χ3n) is 2.44. The third-order valence-corrected chi connectivity index (χ3v) is 3.33. The van der Waals surface area contributed by atoms with Crippen LogP contribution in [0.2, 0.25) is 0 Å². The zero-order valence-corrected chi connectivity index (χ0v) is 10.2. The molecule has 4 heteroatoms. The van der Waals surface area contributed by atoms with E-state index in [9.17, 15) is 0 Å². The number of nitrogens with zero attached hydrogens (tertiary/aromatic N) is 1. The summed E-state index contributed by atoms with van der Waals surface area (Å²) < 4.78 is 5.28. The highest BCUT2D eigenvalue weighted by Gasteiger charge is 2.05. The minimum absolute atomic E-state index is 0.708. The van der Waals surface area contributed by atoms with Crippen LogP contribution in [0.4, 0.5) is 5.69 Å². The Morgan fingerprint density at radius 3 is 2.88 bits per heavy atom. The second kappa shape index (κ2) is 4.61. The fourth-order valence-corrected chi connectivity index (χ4v) is 2.31. The Morgan fingerprint density at radius 1 is 1.38 bits per heavy atom. The van der Waals surface area contributed by atoms with Crippen LogP contribution < -0.4 is 5.73 Å². The highest BCUT2D eigenvalue weighted by atomic mass is 32.2. The average molecular weight is 234 g/mol. The summed E-state index contributed by atoms with van der Waals surface area (Å²) in [6.07, 6.45) is 1.66. The standard InChI is InChI=1S/C12H14N2OS/c1-8-6-15-12(14-8)16-7-10-4-3-5-11(13)9(10)2/h3-6H,7,13H2,1-2H3. The Hall–Kier alpha value is -1.42. The highest BCUT2D eigenvalue weighted by Crippen LogP contribution is 2.25. The summed E-state index contributed by atoms with van der Waals surface area (Å²) in [4.78, 5) is 4.24. The van der Waals surface area contributed by atoms with E-state index in [1.54, 1.807) is 18.0 Å². The van der Waals surface area contributed by atoms with E-state index >= 15 is 0 Å². The average Bonchev–Trinajstić information content (AvgIpc) is 2.67. The van der Waals surface area contributed by atoms with Gasteiger partial charge in [0.1, 0.15) is 6.26 Å². The Labute approximate surface area is 99.1 Å². The van der Waals surface area contributed by atoms with Crippen molar-refractivity contribution >= 4 is 17.4 Å². The second-order valence-electron chi connectivity index (χ2n) is 3.67. The highest BCUT2D eigenvalue weighted by molar-refractivity contribution is 7.98. The first-order chi connectivity index (χ1) is 7.66. The van der Waals surface area contributed by atoms with Gasteiger partial charge in [-0.25, -0.2) is 4.98 Å². The molecule has 0 saturated carbocycles. The summed E-state index contributed by atoms with van der Waals surface area (Å²) in [7, 11) is 0. The molecule has 0 aliphatic carbocycles. The molecule has 0 radical (unpaired) electrons. The Kier molecular flexibility index (Phi) is 3.19.